The van der Waals surface area contributed by atoms with Crippen molar-refractivity contribution in [3.8, 4) is 22.9 Å². The maximum absolute atomic E-state index is 13.6. The maximum atomic E-state index is 13.6. The Kier molecular flexibility index (Phi) is 5.91. The lowest BCUT2D eigenvalue weighted by molar-refractivity contribution is 0.0289. The number of methoxy groups -OCH3 is 1. The molecule has 9 nitrogen and oxygen atoms in total. The number of aromatic nitrogens is 3. The number of likely N-dealkylation sites (tertiary alicyclic amines) is 1. The first-order valence-corrected chi connectivity index (χ1v) is 12.2. The van der Waals surface area contributed by atoms with E-state index in [1.807, 2.05) is 62.7 Å². The molecule has 1 unspecified atom stereocenters. The highest BCUT2D eigenvalue weighted by Crippen LogP contribution is 2.33. The minimum Gasteiger partial charge on any atom is -0.496 e. The van der Waals surface area contributed by atoms with Gasteiger partial charge in [0.05, 0.1) is 29.8 Å². The molecule has 1 aliphatic rings. The molecule has 0 radical (unpaired) electrons. The van der Waals surface area contributed by atoms with Crippen LogP contribution in [0.4, 0.5) is 4.79 Å². The summed E-state index contributed by atoms with van der Waals surface area (Å²) < 4.78 is 14.7. The minimum atomic E-state index is -0.574. The number of ether oxygens (including phenoxy) is 2. The second kappa shape index (κ2) is 8.96. The highest BCUT2D eigenvalue weighted by molar-refractivity contribution is 5.92. The van der Waals surface area contributed by atoms with Crippen LogP contribution in [0.5, 0.6) is 5.75 Å². The van der Waals surface area contributed by atoms with E-state index in [1.54, 1.807) is 21.7 Å². The molecule has 0 saturated carbocycles. The number of carbonyl (C=O) groups excluding carboxylic acids is 1. The zero-order valence-corrected chi connectivity index (χ0v) is 21.6. The first kappa shape index (κ1) is 24.4. The number of pyridine rings is 2. The number of imidazole rings is 1. The highest BCUT2D eigenvalue weighted by Gasteiger charge is 2.31. The van der Waals surface area contributed by atoms with Crippen LogP contribution in [0, 0.1) is 18.3 Å². The van der Waals surface area contributed by atoms with Crippen molar-refractivity contribution in [2.24, 2.45) is 0 Å². The van der Waals surface area contributed by atoms with Crippen molar-refractivity contribution >= 4 is 22.5 Å². The molecule has 0 N–H and O–H groups in total. The fourth-order valence-electron chi connectivity index (χ4n) is 4.89. The van der Waals surface area contributed by atoms with Crippen molar-refractivity contribution in [3.05, 3.63) is 64.5 Å². The normalized spacial score (nSPS) is 15.8. The van der Waals surface area contributed by atoms with Gasteiger partial charge < -0.3 is 23.3 Å². The van der Waals surface area contributed by atoms with E-state index in [1.165, 1.54) is 7.11 Å². The average molecular weight is 500 g/mol. The number of aryl methyl sites for hydroxylation is 1. The van der Waals surface area contributed by atoms with E-state index in [9.17, 15) is 14.9 Å². The van der Waals surface area contributed by atoms with Crippen LogP contribution in [0.2, 0.25) is 0 Å². The van der Waals surface area contributed by atoms with E-state index in [0.29, 0.717) is 41.9 Å². The van der Waals surface area contributed by atoms with Crippen LogP contribution >= 0.6 is 0 Å². The van der Waals surface area contributed by atoms with Gasteiger partial charge in [0.2, 0.25) is 0 Å². The Morgan fingerprint density at radius 2 is 1.97 bits per heavy atom. The summed E-state index contributed by atoms with van der Waals surface area (Å²) in [6.45, 7) is 8.32. The number of amides is 1. The number of rotatable bonds is 3. The Morgan fingerprint density at radius 1 is 1.19 bits per heavy atom. The molecular formula is C28H29N5O4. The zero-order valence-electron chi connectivity index (χ0n) is 21.6. The molecule has 0 bridgehead atoms. The Hall–Kier alpha value is -4.32. The molecule has 37 heavy (non-hydrogen) atoms. The predicted octanol–water partition coefficient (Wildman–Crippen LogP) is 4.69. The molecule has 4 aromatic rings. The quantitative estimate of drug-likeness (QED) is 0.405. The Bertz CT molecular complexity index is 1640. The fraction of sp³-hybridized carbons (Fsp3) is 0.357. The molecule has 9 heteroatoms. The number of carbonyl (C=O) groups is 1. The smallest absolute Gasteiger partial charge is 0.410 e. The van der Waals surface area contributed by atoms with E-state index in [0.717, 1.165) is 22.2 Å². The molecule has 0 aliphatic carbocycles. The number of fused-ring (bicyclic) bond motifs is 2. The van der Waals surface area contributed by atoms with Crippen molar-refractivity contribution in [1.29, 1.82) is 5.26 Å². The molecule has 1 atom stereocenters. The van der Waals surface area contributed by atoms with Crippen LogP contribution in [0.1, 0.15) is 44.5 Å². The predicted molar refractivity (Wildman–Crippen MR) is 140 cm³/mol. The van der Waals surface area contributed by atoms with Crippen molar-refractivity contribution in [3.63, 3.8) is 0 Å². The SMILES string of the molecule is COc1cc(-c2cc(C#N)c3nc(C)cn3c2)cc2ccn(C3CCN(C(=O)OC(C)(C)C)C3)c(=O)c12. The third kappa shape index (κ3) is 4.51. The van der Waals surface area contributed by atoms with Gasteiger partial charge in [0.25, 0.3) is 5.56 Å². The highest BCUT2D eigenvalue weighted by atomic mass is 16.6. The first-order valence-electron chi connectivity index (χ1n) is 12.2. The van der Waals surface area contributed by atoms with Crippen LogP contribution in [0.15, 0.2) is 47.7 Å². The van der Waals surface area contributed by atoms with Crippen LogP contribution in [-0.2, 0) is 4.74 Å². The van der Waals surface area contributed by atoms with Crippen LogP contribution in [0.25, 0.3) is 27.5 Å². The van der Waals surface area contributed by atoms with Gasteiger partial charge in [0.15, 0.2) is 5.65 Å². The number of hydrogen-bond acceptors (Lipinski definition) is 6. The minimum absolute atomic E-state index is 0.154. The summed E-state index contributed by atoms with van der Waals surface area (Å²) in [5, 5.41) is 10.9. The number of nitriles is 1. The van der Waals surface area contributed by atoms with Gasteiger partial charge in [-0.25, -0.2) is 9.78 Å². The van der Waals surface area contributed by atoms with Gasteiger partial charge in [-0.05, 0) is 74.9 Å². The van der Waals surface area contributed by atoms with Gasteiger partial charge in [-0.15, -0.1) is 0 Å². The molecule has 1 aromatic carbocycles. The van der Waals surface area contributed by atoms with E-state index in [4.69, 9.17) is 9.47 Å². The molecule has 3 aromatic heterocycles. The lowest BCUT2D eigenvalue weighted by Crippen LogP contribution is -2.36. The molecule has 1 amide bonds. The second-order valence-electron chi connectivity index (χ2n) is 10.4. The van der Waals surface area contributed by atoms with Crippen molar-refractivity contribution in [1.82, 2.24) is 18.9 Å². The van der Waals surface area contributed by atoms with E-state index >= 15 is 0 Å². The molecule has 1 aliphatic heterocycles. The summed E-state index contributed by atoms with van der Waals surface area (Å²) in [4.78, 5) is 32.2. The first-order chi connectivity index (χ1) is 17.6. The molecule has 1 fully saturated rings. The standard InChI is InChI=1S/C28H29N5O4/c1-17-14-32-15-21(11-20(13-29)25(32)30-17)19-10-18-6-9-33(26(34)24(18)23(12-19)36-5)22-7-8-31(16-22)27(35)37-28(2,3)4/h6,9-12,14-15,22H,7-8,16H2,1-5H3. The largest absolute Gasteiger partial charge is 0.496 e. The average Bonchev–Trinajstić information content (AvgIpc) is 3.48. The van der Waals surface area contributed by atoms with Crippen molar-refractivity contribution < 1.29 is 14.3 Å². The molecule has 1 saturated heterocycles. The molecule has 190 valence electrons. The number of nitrogens with zero attached hydrogens (tertiary/aromatic N) is 5. The zero-order chi connectivity index (χ0) is 26.5. The molecular weight excluding hydrogens is 470 g/mol. The number of hydrogen-bond donors (Lipinski definition) is 0. The summed E-state index contributed by atoms with van der Waals surface area (Å²) >= 11 is 0. The summed E-state index contributed by atoms with van der Waals surface area (Å²) in [5.41, 5.74) is 2.79. The van der Waals surface area contributed by atoms with Crippen LogP contribution in [0.3, 0.4) is 0 Å². The second-order valence-corrected chi connectivity index (χ2v) is 10.4. The van der Waals surface area contributed by atoms with E-state index < -0.39 is 5.60 Å². The van der Waals surface area contributed by atoms with Gasteiger partial charge in [-0.2, -0.15) is 5.26 Å². The maximum Gasteiger partial charge on any atom is 0.410 e. The Balaban J connectivity index is 1.53. The summed E-state index contributed by atoms with van der Waals surface area (Å²) in [6, 6.07) is 9.51. The van der Waals surface area contributed by atoms with E-state index in [-0.39, 0.29) is 17.7 Å². The van der Waals surface area contributed by atoms with Crippen molar-refractivity contribution in [2.75, 3.05) is 20.2 Å². The number of benzene rings is 1. The third-order valence-electron chi connectivity index (χ3n) is 6.55. The Morgan fingerprint density at radius 3 is 2.68 bits per heavy atom. The third-order valence-corrected chi connectivity index (χ3v) is 6.55. The topological polar surface area (TPSA) is 102 Å². The van der Waals surface area contributed by atoms with Gasteiger partial charge in [-0.3, -0.25) is 4.79 Å². The lowest BCUT2D eigenvalue weighted by Gasteiger charge is -2.24. The Labute approximate surface area is 214 Å². The van der Waals surface area contributed by atoms with E-state index in [2.05, 4.69) is 11.1 Å². The van der Waals surface area contributed by atoms with Gasteiger partial charge in [-0.1, -0.05) is 0 Å². The van der Waals surface area contributed by atoms with Gasteiger partial charge in [0, 0.05) is 31.7 Å². The summed E-state index contributed by atoms with van der Waals surface area (Å²) in [7, 11) is 1.54. The van der Waals surface area contributed by atoms with Crippen LogP contribution < -0.4 is 10.3 Å². The van der Waals surface area contributed by atoms with Gasteiger partial charge >= 0.3 is 6.09 Å². The van der Waals surface area contributed by atoms with Crippen LogP contribution in [-0.4, -0.2) is 50.7 Å². The lowest BCUT2D eigenvalue weighted by atomic mass is 10.0. The monoisotopic (exact) mass is 499 g/mol. The summed E-state index contributed by atoms with van der Waals surface area (Å²) in [5.74, 6) is 0.453. The molecule has 5 rings (SSSR count). The van der Waals surface area contributed by atoms with Gasteiger partial charge in [0.1, 0.15) is 17.4 Å². The van der Waals surface area contributed by atoms with Crippen molar-refractivity contribution in [2.45, 2.75) is 45.8 Å². The summed E-state index contributed by atoms with van der Waals surface area (Å²) in [6.07, 6.45) is 5.86. The molecule has 4 heterocycles. The fourth-order valence-corrected chi connectivity index (χ4v) is 4.89. The molecule has 0 spiro atoms.